The highest BCUT2D eigenvalue weighted by Crippen LogP contribution is 2.49. The molecule has 2 aliphatic rings. The van der Waals surface area contributed by atoms with Gasteiger partial charge < -0.3 is 4.90 Å². The SMILES string of the molecule is CC(=O)c1ccc(S(C)(=O)=O)c(N2CC[C@]3(CC[C@H](C)C3)C2)c1. The van der Waals surface area contributed by atoms with Crippen LogP contribution in [0.15, 0.2) is 23.1 Å². The Morgan fingerprint density at radius 3 is 2.61 bits per heavy atom. The molecule has 126 valence electrons. The minimum Gasteiger partial charge on any atom is -0.370 e. The van der Waals surface area contributed by atoms with Crippen LogP contribution in [0.2, 0.25) is 0 Å². The van der Waals surface area contributed by atoms with Crippen molar-refractivity contribution in [3.05, 3.63) is 23.8 Å². The summed E-state index contributed by atoms with van der Waals surface area (Å²) in [6.07, 6.45) is 6.07. The first kappa shape index (κ1) is 16.5. The first-order chi connectivity index (χ1) is 10.7. The third-order valence-corrected chi connectivity index (χ3v) is 6.64. The lowest BCUT2D eigenvalue weighted by Crippen LogP contribution is -2.26. The smallest absolute Gasteiger partial charge is 0.177 e. The summed E-state index contributed by atoms with van der Waals surface area (Å²) < 4.78 is 24.3. The Hall–Kier alpha value is -1.36. The van der Waals surface area contributed by atoms with E-state index in [1.807, 2.05) is 0 Å². The van der Waals surface area contributed by atoms with Crippen molar-refractivity contribution in [3.63, 3.8) is 0 Å². The normalized spacial score (nSPS) is 27.8. The van der Waals surface area contributed by atoms with Crippen LogP contribution in [0, 0.1) is 11.3 Å². The fourth-order valence-corrected chi connectivity index (χ4v) is 5.19. The van der Waals surface area contributed by atoms with E-state index >= 15 is 0 Å². The van der Waals surface area contributed by atoms with E-state index in [9.17, 15) is 13.2 Å². The number of Topliss-reactive ketones (excluding diaryl/α,β-unsaturated/α-hetero) is 1. The molecule has 1 saturated carbocycles. The van der Waals surface area contributed by atoms with Gasteiger partial charge in [0.2, 0.25) is 0 Å². The van der Waals surface area contributed by atoms with Crippen LogP contribution in [0.25, 0.3) is 0 Å². The highest BCUT2D eigenvalue weighted by molar-refractivity contribution is 7.90. The van der Waals surface area contributed by atoms with Crippen molar-refractivity contribution in [3.8, 4) is 0 Å². The minimum absolute atomic E-state index is 0.0327. The monoisotopic (exact) mass is 335 g/mol. The molecule has 1 aromatic rings. The molecule has 0 amide bonds. The zero-order chi connectivity index (χ0) is 16.8. The molecule has 1 aromatic carbocycles. The first-order valence-corrected chi connectivity index (χ1v) is 10.2. The van der Waals surface area contributed by atoms with E-state index in [4.69, 9.17) is 0 Å². The molecule has 0 aromatic heterocycles. The summed E-state index contributed by atoms with van der Waals surface area (Å²) in [5.74, 6) is 0.725. The molecule has 2 atom stereocenters. The highest BCUT2D eigenvalue weighted by atomic mass is 32.2. The Morgan fingerprint density at radius 2 is 2.04 bits per heavy atom. The van der Waals surface area contributed by atoms with E-state index in [0.717, 1.165) is 25.4 Å². The van der Waals surface area contributed by atoms with E-state index in [-0.39, 0.29) is 5.78 Å². The average Bonchev–Trinajstić information content (AvgIpc) is 3.04. The van der Waals surface area contributed by atoms with Gasteiger partial charge in [-0.3, -0.25) is 4.79 Å². The number of rotatable bonds is 3. The second-order valence-electron chi connectivity index (χ2n) is 7.53. The van der Waals surface area contributed by atoms with Crippen LogP contribution in [-0.2, 0) is 9.84 Å². The Labute approximate surface area is 138 Å². The third kappa shape index (κ3) is 3.16. The van der Waals surface area contributed by atoms with Gasteiger partial charge in [-0.25, -0.2) is 8.42 Å². The molecule has 0 bridgehead atoms. The van der Waals surface area contributed by atoms with Gasteiger partial charge in [-0.15, -0.1) is 0 Å². The molecule has 23 heavy (non-hydrogen) atoms. The molecule has 4 nitrogen and oxygen atoms in total. The number of carbonyl (C=O) groups is 1. The summed E-state index contributed by atoms with van der Waals surface area (Å²) in [4.78, 5) is 14.2. The number of hydrogen-bond donors (Lipinski definition) is 0. The lowest BCUT2D eigenvalue weighted by atomic mass is 9.85. The number of hydrogen-bond acceptors (Lipinski definition) is 4. The van der Waals surface area contributed by atoms with Crippen LogP contribution in [0.4, 0.5) is 5.69 Å². The predicted octanol–water partition coefficient (Wildman–Crippen LogP) is 3.31. The molecule has 0 N–H and O–H groups in total. The molecular weight excluding hydrogens is 310 g/mol. The number of benzene rings is 1. The molecule has 1 spiro atoms. The van der Waals surface area contributed by atoms with Crippen LogP contribution >= 0.6 is 0 Å². The summed E-state index contributed by atoms with van der Waals surface area (Å²) in [5.41, 5.74) is 1.62. The Balaban J connectivity index is 1.98. The van der Waals surface area contributed by atoms with E-state index in [2.05, 4.69) is 11.8 Å². The highest BCUT2D eigenvalue weighted by Gasteiger charge is 2.43. The van der Waals surface area contributed by atoms with Gasteiger partial charge in [0.1, 0.15) is 0 Å². The van der Waals surface area contributed by atoms with Crippen LogP contribution in [0.3, 0.4) is 0 Å². The number of nitrogens with zero attached hydrogens (tertiary/aromatic N) is 1. The van der Waals surface area contributed by atoms with Crippen molar-refractivity contribution in [1.29, 1.82) is 0 Å². The zero-order valence-corrected chi connectivity index (χ0v) is 14.9. The van der Waals surface area contributed by atoms with Crippen molar-refractivity contribution in [2.24, 2.45) is 11.3 Å². The van der Waals surface area contributed by atoms with E-state index in [1.54, 1.807) is 18.2 Å². The molecule has 0 unspecified atom stereocenters. The van der Waals surface area contributed by atoms with Gasteiger partial charge >= 0.3 is 0 Å². The number of sulfone groups is 1. The van der Waals surface area contributed by atoms with E-state index in [1.165, 1.54) is 32.4 Å². The molecule has 3 rings (SSSR count). The third-order valence-electron chi connectivity index (χ3n) is 5.49. The van der Waals surface area contributed by atoms with Crippen molar-refractivity contribution in [2.45, 2.75) is 44.4 Å². The zero-order valence-electron chi connectivity index (χ0n) is 14.1. The van der Waals surface area contributed by atoms with Crippen LogP contribution in [0.1, 0.15) is 49.9 Å². The maximum absolute atomic E-state index is 12.1. The van der Waals surface area contributed by atoms with Crippen LogP contribution in [0.5, 0.6) is 0 Å². The Bertz CT molecular complexity index is 741. The van der Waals surface area contributed by atoms with Gasteiger partial charge in [0.05, 0.1) is 10.6 Å². The molecule has 5 heteroatoms. The van der Waals surface area contributed by atoms with Crippen molar-refractivity contribution >= 4 is 21.3 Å². The van der Waals surface area contributed by atoms with Crippen LogP contribution < -0.4 is 4.90 Å². The number of anilines is 1. The summed E-state index contributed by atoms with van der Waals surface area (Å²) >= 11 is 0. The van der Waals surface area contributed by atoms with Crippen LogP contribution in [-0.4, -0.2) is 33.5 Å². The molecule has 1 heterocycles. The maximum atomic E-state index is 12.1. The topological polar surface area (TPSA) is 54.5 Å². The second-order valence-corrected chi connectivity index (χ2v) is 9.51. The van der Waals surface area contributed by atoms with Gasteiger partial charge in [-0.1, -0.05) is 13.3 Å². The summed E-state index contributed by atoms with van der Waals surface area (Å²) in [6, 6.07) is 4.96. The summed E-state index contributed by atoms with van der Waals surface area (Å²) in [5, 5.41) is 0. The Morgan fingerprint density at radius 1 is 1.30 bits per heavy atom. The summed E-state index contributed by atoms with van der Waals surface area (Å²) in [6.45, 7) is 5.59. The standard InChI is InChI=1S/C18H25NO3S/c1-13-6-7-18(11-13)8-9-19(12-18)16-10-15(14(2)20)4-5-17(16)23(3,21)22/h4-5,10,13H,6-9,11-12H2,1-3H3/t13-,18-/m0/s1. The van der Waals surface area contributed by atoms with Crippen molar-refractivity contribution in [1.82, 2.24) is 0 Å². The molecule has 1 saturated heterocycles. The first-order valence-electron chi connectivity index (χ1n) is 8.30. The average molecular weight is 335 g/mol. The van der Waals surface area contributed by atoms with Gasteiger partial charge in [-0.05, 0) is 55.7 Å². The van der Waals surface area contributed by atoms with Gasteiger partial charge in [0.15, 0.2) is 15.6 Å². The molecule has 1 aliphatic heterocycles. The lowest BCUT2D eigenvalue weighted by Gasteiger charge is -2.26. The number of ketones is 1. The van der Waals surface area contributed by atoms with Crippen molar-refractivity contribution in [2.75, 3.05) is 24.2 Å². The van der Waals surface area contributed by atoms with Gasteiger partial charge in [0.25, 0.3) is 0 Å². The molecule has 2 fully saturated rings. The largest absolute Gasteiger partial charge is 0.370 e. The quantitative estimate of drug-likeness (QED) is 0.795. The second kappa shape index (κ2) is 5.62. The maximum Gasteiger partial charge on any atom is 0.177 e. The summed E-state index contributed by atoms with van der Waals surface area (Å²) in [7, 11) is -3.31. The van der Waals surface area contributed by atoms with E-state index in [0.29, 0.717) is 21.6 Å². The minimum atomic E-state index is -3.31. The fourth-order valence-electron chi connectivity index (χ4n) is 4.30. The lowest BCUT2D eigenvalue weighted by molar-refractivity contribution is 0.101. The van der Waals surface area contributed by atoms with Crippen molar-refractivity contribution < 1.29 is 13.2 Å². The predicted molar refractivity (Wildman–Crippen MR) is 91.8 cm³/mol. The molecule has 1 aliphatic carbocycles. The van der Waals surface area contributed by atoms with Gasteiger partial charge in [0, 0.05) is 24.9 Å². The fraction of sp³-hybridized carbons (Fsp3) is 0.611. The molecular formula is C18H25NO3S. The molecule has 0 radical (unpaired) electrons. The van der Waals surface area contributed by atoms with E-state index < -0.39 is 9.84 Å². The number of carbonyl (C=O) groups excluding carboxylic acids is 1. The van der Waals surface area contributed by atoms with Gasteiger partial charge in [-0.2, -0.15) is 0 Å². The Kier molecular flexibility index (Phi) is 4.03.